The van der Waals surface area contributed by atoms with E-state index in [0.29, 0.717) is 58.7 Å². The van der Waals surface area contributed by atoms with Crippen LogP contribution in [0, 0.1) is 6.92 Å². The van der Waals surface area contributed by atoms with E-state index in [1.54, 1.807) is 26.4 Å². The second kappa shape index (κ2) is 14.8. The molecule has 0 radical (unpaired) electrons. The molecule has 1 spiro atoms. The predicted molar refractivity (Wildman–Crippen MR) is 212 cm³/mol. The van der Waals surface area contributed by atoms with Gasteiger partial charge in [0.15, 0.2) is 11.5 Å². The quantitative estimate of drug-likeness (QED) is 0.185. The molecule has 2 aliphatic heterocycles. The minimum absolute atomic E-state index is 0.0501. The number of anilines is 2. The number of alkyl halides is 2. The van der Waals surface area contributed by atoms with Crippen LogP contribution in [0.1, 0.15) is 47.8 Å². The number of carbonyl (C=O) groups is 1. The lowest BCUT2D eigenvalue weighted by atomic mass is 9.96. The average molecular weight is 802 g/mol. The summed E-state index contributed by atoms with van der Waals surface area (Å²) in [5, 5.41) is 6.69. The highest BCUT2D eigenvalue weighted by molar-refractivity contribution is 6.36. The molecule has 2 amide bonds. The maximum absolute atomic E-state index is 14.0. The van der Waals surface area contributed by atoms with Gasteiger partial charge in [0, 0.05) is 75.8 Å². The molecule has 2 atom stereocenters. The number of nitrogens with one attached hydrogen (secondary N) is 2. The van der Waals surface area contributed by atoms with E-state index in [4.69, 9.17) is 26.1 Å². The maximum Gasteiger partial charge on any atom is 0.332 e. The van der Waals surface area contributed by atoms with Crippen molar-refractivity contribution in [1.29, 1.82) is 0 Å². The highest BCUT2D eigenvalue weighted by Gasteiger charge is 2.49. The normalized spacial score (nSPS) is 19.3. The molecule has 2 N–H and O–H groups in total. The molecule has 17 heteroatoms. The van der Waals surface area contributed by atoms with Gasteiger partial charge in [-0.25, -0.2) is 33.3 Å². The summed E-state index contributed by atoms with van der Waals surface area (Å²) in [7, 11) is 5.92. The Labute approximate surface area is 331 Å². The van der Waals surface area contributed by atoms with Crippen molar-refractivity contribution in [2.75, 3.05) is 52.3 Å². The number of aromatic nitrogens is 5. The Kier molecular flexibility index (Phi) is 9.98. The van der Waals surface area contributed by atoms with Crippen LogP contribution in [0.25, 0.3) is 33.4 Å². The predicted octanol–water partition coefficient (Wildman–Crippen LogP) is 5.51. The number of benzene rings is 2. The number of rotatable bonds is 10. The lowest BCUT2D eigenvalue weighted by Crippen LogP contribution is -2.46. The Hall–Kier alpha value is -5.45. The van der Waals surface area contributed by atoms with Crippen LogP contribution in [0.3, 0.4) is 0 Å². The molecule has 5 aromatic rings. The summed E-state index contributed by atoms with van der Waals surface area (Å²) >= 11 is 7.23. The molecule has 0 bridgehead atoms. The molecule has 5 heterocycles. The first-order valence-corrected chi connectivity index (χ1v) is 19.0. The number of aryl methyl sites for hydroxylation is 2. The standard InChI is InChI=1S/C40H42ClF2N9O5/c1-21-23(8-7-11-26(21)44-33-30-35(47-34(46-33)32(42)43)49(2)39(55)50(3)37(30)53)24-9-6-10-25(31(24)41)27-18-22-12-13-28(29(22)36(45-27)57-5)51-15-14-40(19-51)20-52(16-17-56-4)38(54)48-40/h6-11,18,28,32H,12-17,19-20H2,1-5H3,(H,48,54)(H,44,46,47)/t28-,40-/m1/s1. The van der Waals surface area contributed by atoms with E-state index < -0.39 is 23.5 Å². The van der Waals surface area contributed by atoms with Gasteiger partial charge in [-0.3, -0.25) is 18.8 Å². The van der Waals surface area contributed by atoms with E-state index in [-0.39, 0.29) is 34.5 Å². The van der Waals surface area contributed by atoms with Crippen molar-refractivity contribution < 1.29 is 23.0 Å². The van der Waals surface area contributed by atoms with Gasteiger partial charge in [0.2, 0.25) is 5.88 Å². The molecule has 2 aromatic carbocycles. The lowest BCUT2D eigenvalue weighted by molar-refractivity contribution is 0.141. The van der Waals surface area contributed by atoms with Crippen LogP contribution in [0.15, 0.2) is 52.1 Å². The second-order valence-electron chi connectivity index (χ2n) is 14.9. The zero-order valence-corrected chi connectivity index (χ0v) is 32.9. The SMILES string of the molecule is COCCN1C[C@]2(CCN([C@@H]3CCc4cc(-c5cccc(-c6cccc(Nc7nc(C(F)F)nc8c7c(=O)n(C)c(=O)n8C)c6C)c5Cl)nc(OC)c43)C2)NC1=O. The van der Waals surface area contributed by atoms with Gasteiger partial charge in [-0.2, -0.15) is 0 Å². The van der Waals surface area contributed by atoms with Crippen LogP contribution in [0.4, 0.5) is 25.1 Å². The highest BCUT2D eigenvalue weighted by atomic mass is 35.5. The molecule has 3 aliphatic rings. The molecule has 3 aromatic heterocycles. The van der Waals surface area contributed by atoms with Crippen LogP contribution >= 0.6 is 11.6 Å². The highest BCUT2D eigenvalue weighted by Crippen LogP contribution is 2.46. The smallest absolute Gasteiger partial charge is 0.332 e. The van der Waals surface area contributed by atoms with Crippen molar-refractivity contribution in [3.63, 3.8) is 0 Å². The average Bonchev–Trinajstić information content (AvgIpc) is 3.91. The van der Waals surface area contributed by atoms with E-state index in [1.165, 1.54) is 14.1 Å². The number of fused-ring (bicyclic) bond motifs is 2. The summed E-state index contributed by atoms with van der Waals surface area (Å²) in [6, 6.07) is 13.2. The molecular formula is C40H42ClF2N9O5. The fraction of sp³-hybridized carbons (Fsp3) is 0.400. The Balaban J connectivity index is 1.11. The molecular weight excluding hydrogens is 760 g/mol. The van der Waals surface area contributed by atoms with Crippen LogP contribution in [-0.2, 0) is 25.3 Å². The van der Waals surface area contributed by atoms with Gasteiger partial charge in [-0.05, 0) is 55.0 Å². The van der Waals surface area contributed by atoms with E-state index in [1.807, 2.05) is 36.1 Å². The van der Waals surface area contributed by atoms with Crippen molar-refractivity contribution in [3.05, 3.63) is 90.8 Å². The van der Waals surface area contributed by atoms with Gasteiger partial charge in [-0.1, -0.05) is 41.9 Å². The molecule has 8 rings (SSSR count). The van der Waals surface area contributed by atoms with E-state index in [9.17, 15) is 23.2 Å². The minimum Gasteiger partial charge on any atom is -0.481 e. The van der Waals surface area contributed by atoms with E-state index >= 15 is 0 Å². The molecule has 14 nitrogen and oxygen atoms in total. The van der Waals surface area contributed by atoms with E-state index in [0.717, 1.165) is 58.2 Å². The number of ether oxygens (including phenoxy) is 2. The number of pyridine rings is 1. The molecule has 0 unspecified atom stereocenters. The van der Waals surface area contributed by atoms with Gasteiger partial charge in [0.25, 0.3) is 12.0 Å². The topological polar surface area (TPSA) is 149 Å². The first kappa shape index (κ1) is 38.4. The number of methoxy groups -OCH3 is 2. The Morgan fingerprint density at radius 1 is 1.02 bits per heavy atom. The summed E-state index contributed by atoms with van der Waals surface area (Å²) in [5.74, 6) is -0.436. The second-order valence-corrected chi connectivity index (χ2v) is 15.3. The molecule has 57 heavy (non-hydrogen) atoms. The Morgan fingerprint density at radius 2 is 1.77 bits per heavy atom. The number of urea groups is 1. The molecule has 1 aliphatic carbocycles. The van der Waals surface area contributed by atoms with Crippen molar-refractivity contribution in [2.24, 2.45) is 14.1 Å². The van der Waals surface area contributed by atoms with Crippen molar-refractivity contribution in [3.8, 4) is 28.3 Å². The zero-order chi connectivity index (χ0) is 40.3. The monoisotopic (exact) mass is 801 g/mol. The number of amides is 2. The molecule has 298 valence electrons. The number of hydrogen-bond donors (Lipinski definition) is 2. The summed E-state index contributed by atoms with van der Waals surface area (Å²) in [4.78, 5) is 55.8. The lowest BCUT2D eigenvalue weighted by Gasteiger charge is -2.28. The van der Waals surface area contributed by atoms with Gasteiger partial charge in [0.05, 0.1) is 30.0 Å². The molecule has 2 fully saturated rings. The summed E-state index contributed by atoms with van der Waals surface area (Å²) in [6.45, 7) is 5.11. The number of halogens is 3. The minimum atomic E-state index is -3.05. The van der Waals surface area contributed by atoms with E-state index in [2.05, 4.69) is 31.6 Å². The first-order valence-electron chi connectivity index (χ1n) is 18.6. The van der Waals surface area contributed by atoms with Gasteiger partial charge in [0.1, 0.15) is 11.2 Å². The maximum atomic E-state index is 14.0. The zero-order valence-electron chi connectivity index (χ0n) is 32.2. The molecule has 0 saturated carbocycles. The van der Waals surface area contributed by atoms with Crippen molar-refractivity contribution >= 4 is 40.2 Å². The van der Waals surface area contributed by atoms with Gasteiger partial charge in [-0.15, -0.1) is 0 Å². The molecule has 2 saturated heterocycles. The van der Waals surface area contributed by atoms with Crippen LogP contribution in [0.5, 0.6) is 5.88 Å². The van der Waals surface area contributed by atoms with Crippen molar-refractivity contribution in [1.82, 2.24) is 39.2 Å². The van der Waals surface area contributed by atoms with Gasteiger partial charge < -0.3 is 25.0 Å². The van der Waals surface area contributed by atoms with Crippen LogP contribution in [-0.4, -0.2) is 92.5 Å². The third kappa shape index (κ3) is 6.58. The van der Waals surface area contributed by atoms with Gasteiger partial charge >= 0.3 is 11.7 Å². The summed E-state index contributed by atoms with van der Waals surface area (Å²) in [6.07, 6.45) is -0.476. The van der Waals surface area contributed by atoms with Crippen molar-refractivity contribution in [2.45, 2.75) is 44.2 Å². The number of likely N-dealkylation sites (tertiary alicyclic amines) is 1. The Bertz CT molecular complexity index is 2560. The Morgan fingerprint density at radius 3 is 2.53 bits per heavy atom. The number of hydrogen-bond acceptors (Lipinski definition) is 10. The number of nitrogens with zero attached hydrogens (tertiary/aromatic N) is 7. The largest absolute Gasteiger partial charge is 0.481 e. The first-order chi connectivity index (χ1) is 27.3. The third-order valence-electron chi connectivity index (χ3n) is 11.5. The van der Waals surface area contributed by atoms with Crippen LogP contribution < -0.4 is 26.6 Å². The summed E-state index contributed by atoms with van der Waals surface area (Å²) in [5.41, 5.74) is 4.25. The summed E-state index contributed by atoms with van der Waals surface area (Å²) < 4.78 is 41.0. The third-order valence-corrected chi connectivity index (χ3v) is 11.9. The van der Waals surface area contributed by atoms with Crippen LogP contribution in [0.2, 0.25) is 5.02 Å². The fourth-order valence-corrected chi connectivity index (χ4v) is 8.92. The number of carbonyl (C=O) groups excluding carboxylic acids is 1. The fourth-order valence-electron chi connectivity index (χ4n) is 8.60.